The maximum atomic E-state index is 5.06. The van der Waals surface area contributed by atoms with E-state index in [1.54, 1.807) is 0 Å². The van der Waals surface area contributed by atoms with Crippen molar-refractivity contribution in [3.05, 3.63) is 12.7 Å². The minimum atomic E-state index is 0.958. The summed E-state index contributed by atoms with van der Waals surface area (Å²) in [5.41, 5.74) is 0. The Morgan fingerprint density at radius 2 is 1.50 bits per heavy atom. The second-order valence-electron chi connectivity index (χ2n) is 4.15. The molecule has 94 valence electrons. The number of terminal acetylenes is 1. The van der Waals surface area contributed by atoms with Gasteiger partial charge in [-0.15, -0.1) is 18.9 Å². The number of hydrogen-bond donors (Lipinski definition) is 0. The zero-order valence-corrected chi connectivity index (χ0v) is 11.4. The molecule has 0 fully saturated rings. The zero-order valence-electron chi connectivity index (χ0n) is 11.4. The molecule has 0 aliphatic heterocycles. The van der Waals surface area contributed by atoms with Crippen LogP contribution in [0.25, 0.3) is 0 Å². The predicted octanol–water partition coefficient (Wildman–Crippen LogP) is 5.73. The normalized spacial score (nSPS) is 8.81. The molecule has 0 rings (SSSR count). The van der Waals surface area contributed by atoms with E-state index in [9.17, 15) is 0 Å². The van der Waals surface area contributed by atoms with Crippen molar-refractivity contribution in [2.75, 3.05) is 0 Å². The van der Waals surface area contributed by atoms with E-state index < -0.39 is 0 Å². The smallest absolute Gasteiger partial charge is 0.00860 e. The predicted molar refractivity (Wildman–Crippen MR) is 76.5 cm³/mol. The molecule has 0 heteroatoms. The van der Waals surface area contributed by atoms with Crippen LogP contribution < -0.4 is 0 Å². The van der Waals surface area contributed by atoms with Crippen molar-refractivity contribution in [3.63, 3.8) is 0 Å². The van der Waals surface area contributed by atoms with Gasteiger partial charge in [-0.3, -0.25) is 0 Å². The van der Waals surface area contributed by atoms with Crippen LogP contribution in [0.15, 0.2) is 12.7 Å². The van der Waals surface area contributed by atoms with Crippen LogP contribution >= 0.6 is 0 Å². The van der Waals surface area contributed by atoms with Gasteiger partial charge in [-0.1, -0.05) is 58.4 Å². The molecule has 0 nitrogen and oxygen atoms in total. The fourth-order valence-corrected chi connectivity index (χ4v) is 1.37. The summed E-state index contributed by atoms with van der Waals surface area (Å²) in [5, 5.41) is 0. The van der Waals surface area contributed by atoms with Gasteiger partial charge in [0.25, 0.3) is 0 Å². The van der Waals surface area contributed by atoms with E-state index in [-0.39, 0.29) is 0 Å². The highest BCUT2D eigenvalue weighted by atomic mass is 13.9. The number of hydrogen-bond acceptors (Lipinski definition) is 0. The highest BCUT2D eigenvalue weighted by Gasteiger charge is 1.82. The van der Waals surface area contributed by atoms with E-state index in [4.69, 9.17) is 6.42 Å². The molecular weight excluding hydrogens is 192 g/mol. The average molecular weight is 222 g/mol. The molecule has 0 heterocycles. The van der Waals surface area contributed by atoms with Crippen LogP contribution in [-0.2, 0) is 0 Å². The van der Waals surface area contributed by atoms with Crippen molar-refractivity contribution < 1.29 is 0 Å². The Balaban J connectivity index is 0. The lowest BCUT2D eigenvalue weighted by molar-refractivity contribution is 0.675. The maximum absolute atomic E-state index is 5.06. The lowest BCUT2D eigenvalue weighted by Crippen LogP contribution is -1.72. The van der Waals surface area contributed by atoms with Crippen molar-refractivity contribution in [2.45, 2.75) is 78.1 Å². The monoisotopic (exact) mass is 222 g/mol. The first kappa shape index (κ1) is 17.7. The molecule has 0 atom stereocenters. The first-order chi connectivity index (χ1) is 7.83. The van der Waals surface area contributed by atoms with Crippen molar-refractivity contribution in [2.24, 2.45) is 0 Å². The van der Waals surface area contributed by atoms with E-state index in [1.165, 1.54) is 57.8 Å². The second kappa shape index (κ2) is 19.8. The van der Waals surface area contributed by atoms with Gasteiger partial charge in [0.1, 0.15) is 0 Å². The average Bonchev–Trinajstić information content (AvgIpc) is 2.31. The molecule has 0 unspecified atom stereocenters. The maximum Gasteiger partial charge on any atom is 0.00860 e. The molecular formula is C16H30. The third-order valence-corrected chi connectivity index (χ3v) is 2.44. The van der Waals surface area contributed by atoms with Gasteiger partial charge in [-0.25, -0.2) is 0 Å². The molecule has 0 aliphatic rings. The Kier molecular flexibility index (Phi) is 21.9. The molecule has 0 aromatic rings. The standard InChI is InChI=1S/C8H16.C8H14/c2*1-3-5-7-8-6-4-2/h3H,1,4-8H2,2H3;1H,4-8H2,2H3. The molecule has 0 aliphatic carbocycles. The lowest BCUT2D eigenvalue weighted by Gasteiger charge is -1.91. The Morgan fingerprint density at radius 1 is 0.938 bits per heavy atom. The molecule has 0 saturated carbocycles. The van der Waals surface area contributed by atoms with Crippen molar-refractivity contribution in [1.29, 1.82) is 0 Å². The summed E-state index contributed by atoms with van der Waals surface area (Å²) in [5.74, 6) is 2.63. The Morgan fingerprint density at radius 3 is 1.94 bits per heavy atom. The summed E-state index contributed by atoms with van der Waals surface area (Å²) in [6.45, 7) is 8.09. The number of allylic oxidation sites excluding steroid dienone is 1. The molecule has 0 radical (unpaired) electrons. The van der Waals surface area contributed by atoms with Crippen LogP contribution in [-0.4, -0.2) is 0 Å². The van der Waals surface area contributed by atoms with E-state index in [0.717, 1.165) is 6.42 Å². The molecule has 0 N–H and O–H groups in total. The zero-order chi connectivity index (χ0) is 12.5. The Hall–Kier alpha value is -0.700. The molecule has 0 saturated heterocycles. The van der Waals surface area contributed by atoms with Crippen LogP contribution in [0, 0.1) is 12.3 Å². The van der Waals surface area contributed by atoms with Crippen LogP contribution in [0.3, 0.4) is 0 Å². The summed E-state index contributed by atoms with van der Waals surface area (Å²) in [6.07, 6.45) is 19.8. The van der Waals surface area contributed by atoms with Gasteiger partial charge in [-0.2, -0.15) is 0 Å². The van der Waals surface area contributed by atoms with Gasteiger partial charge in [0.15, 0.2) is 0 Å². The van der Waals surface area contributed by atoms with Gasteiger partial charge in [-0.05, 0) is 19.3 Å². The summed E-state index contributed by atoms with van der Waals surface area (Å²) in [7, 11) is 0. The van der Waals surface area contributed by atoms with Gasteiger partial charge in [0.05, 0.1) is 0 Å². The fourth-order valence-electron chi connectivity index (χ4n) is 1.37. The topological polar surface area (TPSA) is 0 Å². The van der Waals surface area contributed by atoms with Gasteiger partial charge in [0, 0.05) is 6.42 Å². The summed E-state index contributed by atoms with van der Waals surface area (Å²) in [4.78, 5) is 0. The first-order valence-electron chi connectivity index (χ1n) is 6.87. The van der Waals surface area contributed by atoms with Crippen LogP contribution in [0.2, 0.25) is 0 Å². The van der Waals surface area contributed by atoms with Crippen LogP contribution in [0.5, 0.6) is 0 Å². The third kappa shape index (κ3) is 23.3. The summed E-state index contributed by atoms with van der Waals surface area (Å²) < 4.78 is 0. The molecule has 0 aromatic carbocycles. The van der Waals surface area contributed by atoms with E-state index >= 15 is 0 Å². The number of rotatable bonds is 9. The Bertz CT molecular complexity index is 150. The van der Waals surface area contributed by atoms with E-state index in [0.29, 0.717) is 0 Å². The number of unbranched alkanes of at least 4 members (excludes halogenated alkanes) is 8. The van der Waals surface area contributed by atoms with Crippen molar-refractivity contribution in [1.82, 2.24) is 0 Å². The minimum Gasteiger partial charge on any atom is -0.120 e. The SMILES string of the molecule is C#CCCCCCC.C=CCCCCCC. The van der Waals surface area contributed by atoms with Crippen LogP contribution in [0.4, 0.5) is 0 Å². The van der Waals surface area contributed by atoms with Gasteiger partial charge < -0.3 is 0 Å². The largest absolute Gasteiger partial charge is 0.120 e. The highest BCUT2D eigenvalue weighted by molar-refractivity contribution is 4.82. The fraction of sp³-hybridized carbons (Fsp3) is 0.750. The minimum absolute atomic E-state index is 0.958. The molecule has 0 amide bonds. The van der Waals surface area contributed by atoms with E-state index in [1.807, 2.05) is 6.08 Å². The highest BCUT2D eigenvalue weighted by Crippen LogP contribution is 2.01. The van der Waals surface area contributed by atoms with Gasteiger partial charge in [0.2, 0.25) is 0 Å². The van der Waals surface area contributed by atoms with Crippen molar-refractivity contribution >= 4 is 0 Å². The lowest BCUT2D eigenvalue weighted by atomic mass is 10.2. The molecule has 16 heavy (non-hydrogen) atoms. The first-order valence-corrected chi connectivity index (χ1v) is 6.87. The third-order valence-electron chi connectivity index (χ3n) is 2.44. The molecule has 0 bridgehead atoms. The van der Waals surface area contributed by atoms with Crippen molar-refractivity contribution in [3.8, 4) is 12.3 Å². The molecule has 0 spiro atoms. The second-order valence-corrected chi connectivity index (χ2v) is 4.15. The van der Waals surface area contributed by atoms with Crippen LogP contribution in [0.1, 0.15) is 78.1 Å². The summed E-state index contributed by atoms with van der Waals surface area (Å²) in [6, 6.07) is 0. The summed E-state index contributed by atoms with van der Waals surface area (Å²) >= 11 is 0. The molecule has 0 aromatic heterocycles. The Labute approximate surface area is 104 Å². The van der Waals surface area contributed by atoms with Gasteiger partial charge >= 0.3 is 0 Å². The quantitative estimate of drug-likeness (QED) is 0.265. The van der Waals surface area contributed by atoms with E-state index in [2.05, 4.69) is 26.3 Å².